The lowest BCUT2D eigenvalue weighted by molar-refractivity contribution is -0.138. The van der Waals surface area contributed by atoms with Gasteiger partial charge in [0.1, 0.15) is 0 Å². The molecule has 0 radical (unpaired) electrons. The molecule has 0 spiro atoms. The molecule has 2 heterocycles. The van der Waals surface area contributed by atoms with Crippen LogP contribution in [0.15, 0.2) is 48.7 Å². The van der Waals surface area contributed by atoms with Crippen molar-refractivity contribution in [3.8, 4) is 0 Å². The number of alkyl halides is 3. The van der Waals surface area contributed by atoms with Crippen LogP contribution < -0.4 is 11.1 Å². The number of aryl methyl sites for hydroxylation is 1. The highest BCUT2D eigenvalue weighted by Gasteiger charge is 2.37. The van der Waals surface area contributed by atoms with Crippen LogP contribution >= 0.6 is 0 Å². The van der Waals surface area contributed by atoms with Gasteiger partial charge in [-0.3, -0.25) is 20.3 Å². The summed E-state index contributed by atoms with van der Waals surface area (Å²) in [5.41, 5.74) is 5.65. The Hall–Kier alpha value is -3.82. The zero-order valence-electron chi connectivity index (χ0n) is 18.4. The normalized spacial score (nSPS) is 14.9. The lowest BCUT2D eigenvalue weighted by Crippen LogP contribution is -2.38. The molecule has 1 fully saturated rings. The number of piperidine rings is 1. The molecule has 1 aromatic heterocycles. The van der Waals surface area contributed by atoms with Crippen molar-refractivity contribution in [2.45, 2.75) is 24.9 Å². The van der Waals surface area contributed by atoms with E-state index in [0.29, 0.717) is 31.5 Å². The maximum absolute atomic E-state index is 13.8. The number of carbonyl (C=O) groups is 2. The summed E-state index contributed by atoms with van der Waals surface area (Å²) in [7, 11) is 1.92. The summed E-state index contributed by atoms with van der Waals surface area (Å²) in [5, 5.41) is 10.0. The summed E-state index contributed by atoms with van der Waals surface area (Å²) in [4.78, 5) is 26.7. The van der Waals surface area contributed by atoms with Crippen molar-refractivity contribution in [2.24, 2.45) is 12.8 Å². The highest BCUT2D eigenvalue weighted by molar-refractivity contribution is 6.04. The van der Waals surface area contributed by atoms with E-state index in [0.717, 1.165) is 17.0 Å². The molecule has 0 bridgehead atoms. The average Bonchev–Trinajstić information content (AvgIpc) is 3.17. The fourth-order valence-corrected chi connectivity index (χ4v) is 4.48. The molecular weight excluding hydrogens is 447 g/mol. The number of carbonyl (C=O) groups excluding carboxylic acids is 2. The lowest BCUT2D eigenvalue weighted by Gasteiger charge is -2.33. The van der Waals surface area contributed by atoms with Crippen LogP contribution in [0.2, 0.25) is 0 Å². The second kappa shape index (κ2) is 8.85. The van der Waals surface area contributed by atoms with Gasteiger partial charge in [0.15, 0.2) is 5.96 Å². The van der Waals surface area contributed by atoms with Gasteiger partial charge >= 0.3 is 6.18 Å². The van der Waals surface area contributed by atoms with Crippen LogP contribution in [0.25, 0.3) is 10.9 Å². The van der Waals surface area contributed by atoms with Crippen LogP contribution in [0, 0.1) is 5.41 Å². The molecule has 4 rings (SSSR count). The van der Waals surface area contributed by atoms with Crippen LogP contribution in [-0.2, 0) is 13.2 Å². The number of nitrogens with zero attached hydrogens (tertiary/aromatic N) is 2. The van der Waals surface area contributed by atoms with E-state index in [1.807, 2.05) is 41.3 Å². The van der Waals surface area contributed by atoms with E-state index in [4.69, 9.17) is 11.1 Å². The molecule has 1 aliphatic heterocycles. The SMILES string of the molecule is Cn1ccc2cc(C(=O)N3CCC(c4ccc(C(=O)NC(=N)N)cc4C(F)(F)F)CC3)ccc21. The van der Waals surface area contributed by atoms with Crippen molar-refractivity contribution in [3.05, 3.63) is 70.9 Å². The van der Waals surface area contributed by atoms with Crippen LogP contribution in [0.4, 0.5) is 13.2 Å². The molecule has 0 saturated carbocycles. The van der Waals surface area contributed by atoms with Gasteiger partial charge in [0.25, 0.3) is 11.8 Å². The first-order chi connectivity index (χ1) is 16.0. The van der Waals surface area contributed by atoms with Crippen LogP contribution in [0.3, 0.4) is 0 Å². The molecule has 1 aliphatic rings. The third-order valence-corrected chi connectivity index (χ3v) is 6.22. The quantitative estimate of drug-likeness (QED) is 0.399. The number of likely N-dealkylation sites (tertiary alicyclic amines) is 1. The fraction of sp³-hybridized carbons (Fsp3) is 0.292. The molecule has 34 heavy (non-hydrogen) atoms. The van der Waals surface area contributed by atoms with E-state index in [-0.39, 0.29) is 17.0 Å². The highest BCUT2D eigenvalue weighted by Crippen LogP contribution is 2.39. The maximum Gasteiger partial charge on any atom is 0.416 e. The molecule has 10 heteroatoms. The van der Waals surface area contributed by atoms with Crippen molar-refractivity contribution in [1.29, 1.82) is 5.41 Å². The minimum Gasteiger partial charge on any atom is -0.370 e. The molecule has 0 aliphatic carbocycles. The molecule has 2 amide bonds. The first-order valence-corrected chi connectivity index (χ1v) is 10.8. The van der Waals surface area contributed by atoms with Gasteiger partial charge in [-0.25, -0.2) is 0 Å². The van der Waals surface area contributed by atoms with E-state index >= 15 is 0 Å². The van der Waals surface area contributed by atoms with Gasteiger partial charge < -0.3 is 15.2 Å². The monoisotopic (exact) mass is 471 g/mol. The topological polar surface area (TPSA) is 104 Å². The second-order valence-electron chi connectivity index (χ2n) is 8.43. The van der Waals surface area contributed by atoms with Crippen molar-refractivity contribution in [3.63, 3.8) is 0 Å². The Morgan fingerprint density at radius 3 is 2.38 bits per heavy atom. The molecule has 1 saturated heterocycles. The van der Waals surface area contributed by atoms with Crippen LogP contribution in [0.5, 0.6) is 0 Å². The van der Waals surface area contributed by atoms with Gasteiger partial charge in [0.05, 0.1) is 5.56 Å². The molecule has 3 aromatic rings. The van der Waals surface area contributed by atoms with Crippen LogP contribution in [0.1, 0.15) is 50.6 Å². The number of hydrogen-bond donors (Lipinski definition) is 3. The smallest absolute Gasteiger partial charge is 0.370 e. The molecular formula is C24H24F3N5O2. The Morgan fingerprint density at radius 2 is 1.74 bits per heavy atom. The Morgan fingerprint density at radius 1 is 1.06 bits per heavy atom. The van der Waals surface area contributed by atoms with Crippen LogP contribution in [-0.4, -0.2) is 40.3 Å². The van der Waals surface area contributed by atoms with Gasteiger partial charge in [0.2, 0.25) is 0 Å². The number of nitrogens with one attached hydrogen (secondary N) is 2. The van der Waals surface area contributed by atoms with Crippen molar-refractivity contribution in [2.75, 3.05) is 13.1 Å². The summed E-state index contributed by atoms with van der Waals surface area (Å²) in [6.07, 6.45) is -1.99. The Kier molecular flexibility index (Phi) is 6.07. The first-order valence-electron chi connectivity index (χ1n) is 10.8. The number of guanidine groups is 1. The van der Waals surface area contributed by atoms with E-state index in [1.54, 1.807) is 11.0 Å². The predicted octanol–water partition coefficient (Wildman–Crippen LogP) is 3.84. The summed E-state index contributed by atoms with van der Waals surface area (Å²) < 4.78 is 43.4. The minimum atomic E-state index is -4.65. The zero-order valence-corrected chi connectivity index (χ0v) is 18.4. The first kappa shape index (κ1) is 23.3. The number of benzene rings is 2. The molecule has 0 unspecified atom stereocenters. The summed E-state index contributed by atoms with van der Waals surface area (Å²) in [6, 6.07) is 10.8. The standard InChI is InChI=1S/C24H24F3N5O2/c1-31-9-6-15-12-17(3-5-20(15)31)22(34)32-10-7-14(8-11-32)18-4-2-16(21(33)30-23(28)29)13-19(18)24(25,26)27/h2-6,9,12-14H,7-8,10-11H2,1H3,(H4,28,29,30,33). The predicted molar refractivity (Wildman–Crippen MR) is 122 cm³/mol. The molecule has 0 atom stereocenters. The Labute approximate surface area is 193 Å². The second-order valence-corrected chi connectivity index (χ2v) is 8.43. The van der Waals surface area contributed by atoms with Crippen molar-refractivity contribution >= 4 is 28.7 Å². The van der Waals surface area contributed by atoms with Gasteiger partial charge in [-0.2, -0.15) is 13.2 Å². The van der Waals surface area contributed by atoms with E-state index in [9.17, 15) is 22.8 Å². The third-order valence-electron chi connectivity index (χ3n) is 6.22. The third kappa shape index (κ3) is 4.61. The van der Waals surface area contributed by atoms with Gasteiger partial charge in [-0.05, 0) is 60.7 Å². The van der Waals surface area contributed by atoms with E-state index in [2.05, 4.69) is 0 Å². The van der Waals surface area contributed by atoms with Gasteiger partial charge in [-0.1, -0.05) is 6.07 Å². The minimum absolute atomic E-state index is 0.102. The number of hydrogen-bond acceptors (Lipinski definition) is 3. The number of halogens is 3. The lowest BCUT2D eigenvalue weighted by atomic mass is 9.85. The fourth-order valence-electron chi connectivity index (χ4n) is 4.48. The summed E-state index contributed by atoms with van der Waals surface area (Å²) >= 11 is 0. The molecule has 178 valence electrons. The van der Waals surface area contributed by atoms with E-state index in [1.165, 1.54) is 12.1 Å². The average molecular weight is 471 g/mol. The number of nitrogens with two attached hydrogens (primary N) is 1. The highest BCUT2D eigenvalue weighted by atomic mass is 19.4. The number of fused-ring (bicyclic) bond motifs is 1. The summed E-state index contributed by atoms with van der Waals surface area (Å²) in [6.45, 7) is 0.667. The Balaban J connectivity index is 1.51. The van der Waals surface area contributed by atoms with Crippen molar-refractivity contribution in [1.82, 2.24) is 14.8 Å². The number of rotatable bonds is 3. The Bertz CT molecular complexity index is 1270. The zero-order chi connectivity index (χ0) is 24.6. The molecule has 4 N–H and O–H groups in total. The summed E-state index contributed by atoms with van der Waals surface area (Å²) in [5.74, 6) is -2.06. The molecule has 7 nitrogen and oxygen atoms in total. The van der Waals surface area contributed by atoms with Crippen molar-refractivity contribution < 1.29 is 22.8 Å². The van der Waals surface area contributed by atoms with Gasteiger partial charge in [-0.15, -0.1) is 0 Å². The number of amides is 2. The molecule has 2 aromatic carbocycles. The van der Waals surface area contributed by atoms with E-state index < -0.39 is 29.5 Å². The van der Waals surface area contributed by atoms with Gasteiger partial charge in [0, 0.05) is 48.4 Å². The largest absolute Gasteiger partial charge is 0.416 e. The number of aromatic nitrogens is 1. The maximum atomic E-state index is 13.8.